The molecule has 0 fully saturated rings. The Kier molecular flexibility index (Phi) is 7.35. The molecule has 2 heterocycles. The van der Waals surface area contributed by atoms with Crippen LogP contribution in [-0.2, 0) is 16.0 Å². The molecule has 1 aliphatic heterocycles. The van der Waals surface area contributed by atoms with Crippen LogP contribution in [0.1, 0.15) is 34.1 Å². The van der Waals surface area contributed by atoms with Crippen LogP contribution in [0.5, 0.6) is 5.75 Å². The Morgan fingerprint density at radius 1 is 1.38 bits per heavy atom. The lowest BCUT2D eigenvalue weighted by Gasteiger charge is -2.30. The lowest BCUT2D eigenvalue weighted by atomic mass is 9.72. The summed E-state index contributed by atoms with van der Waals surface area (Å²) in [4.78, 5) is 40.5. The number of aromatic nitrogens is 1. The zero-order valence-electron chi connectivity index (χ0n) is 16.6. The number of carboxylic acids is 1. The summed E-state index contributed by atoms with van der Waals surface area (Å²) in [6.45, 7) is 0. The van der Waals surface area contributed by atoms with Gasteiger partial charge in [-0.05, 0) is 24.4 Å². The molecule has 2 amide bonds. The van der Waals surface area contributed by atoms with Crippen LogP contribution in [0.2, 0.25) is 6.32 Å². The molecule has 3 rings (SSSR count). The van der Waals surface area contributed by atoms with Gasteiger partial charge in [0.2, 0.25) is 11.8 Å². The number of hydrogen-bond acceptors (Lipinski definition) is 10. The number of carbonyl (C=O) groups excluding carboxylic acids is 2. The number of amides is 2. The Hall–Kier alpha value is -3.13. The van der Waals surface area contributed by atoms with E-state index in [0.29, 0.717) is 5.56 Å². The number of nitrogens with two attached hydrogens (primary N) is 1. The molecule has 12 nitrogen and oxygen atoms in total. The molecule has 0 radical (unpaired) electrons. The van der Waals surface area contributed by atoms with E-state index in [-0.39, 0.29) is 41.3 Å². The minimum Gasteiger partial charge on any atom is -0.534 e. The first-order valence-electron chi connectivity index (χ1n) is 9.52. The maximum Gasteiger partial charge on any atom is 0.547 e. The summed E-state index contributed by atoms with van der Waals surface area (Å²) in [5, 5.41) is 44.2. The number of anilines is 1. The van der Waals surface area contributed by atoms with Crippen molar-refractivity contribution in [2.24, 2.45) is 0 Å². The van der Waals surface area contributed by atoms with E-state index in [1.165, 1.54) is 17.5 Å². The van der Waals surface area contributed by atoms with Crippen molar-refractivity contribution in [3.63, 3.8) is 0 Å². The summed E-state index contributed by atoms with van der Waals surface area (Å²) >= 11 is 1.06. The van der Waals surface area contributed by atoms with E-state index in [9.17, 15) is 24.5 Å². The highest BCUT2D eigenvalue weighted by molar-refractivity contribution is 7.13. The van der Waals surface area contributed by atoms with Gasteiger partial charge in [0.05, 0.1) is 17.2 Å². The van der Waals surface area contributed by atoms with Crippen molar-refractivity contribution in [2.45, 2.75) is 31.1 Å². The van der Waals surface area contributed by atoms with E-state index in [4.69, 9.17) is 20.4 Å². The number of aromatic carboxylic acids is 1. The highest BCUT2D eigenvalue weighted by atomic mass is 32.1. The molecule has 32 heavy (non-hydrogen) atoms. The zero-order valence-corrected chi connectivity index (χ0v) is 17.4. The molecule has 2 atom stereocenters. The van der Waals surface area contributed by atoms with Gasteiger partial charge in [-0.3, -0.25) is 9.59 Å². The lowest BCUT2D eigenvalue weighted by molar-refractivity contribution is -0.129. The van der Waals surface area contributed by atoms with Crippen LogP contribution in [0, 0.1) is 0 Å². The van der Waals surface area contributed by atoms with Gasteiger partial charge in [-0.25, -0.2) is 9.78 Å². The molecule has 2 aromatic rings. The first-order valence-corrected chi connectivity index (χ1v) is 10.4. The average molecular weight is 462 g/mol. The number of nitrogens with one attached hydrogen (secondary N) is 2. The van der Waals surface area contributed by atoms with E-state index in [0.717, 1.165) is 11.3 Å². The molecule has 8 N–H and O–H groups in total. The molecule has 0 saturated heterocycles. The summed E-state index contributed by atoms with van der Waals surface area (Å²) in [5.74, 6) is -3.46. The molecule has 1 unspecified atom stereocenters. The van der Waals surface area contributed by atoms with Gasteiger partial charge >= 0.3 is 20.2 Å². The highest BCUT2D eigenvalue weighted by Crippen LogP contribution is 2.30. The maximum atomic E-state index is 13.0. The summed E-state index contributed by atoms with van der Waals surface area (Å²) in [6, 6.07) is 3.23. The molecule has 0 bridgehead atoms. The van der Waals surface area contributed by atoms with Gasteiger partial charge in [0, 0.05) is 11.8 Å². The fourth-order valence-corrected chi connectivity index (χ4v) is 3.77. The van der Waals surface area contributed by atoms with E-state index in [1.807, 2.05) is 0 Å². The number of rotatable bonds is 8. The van der Waals surface area contributed by atoms with Crippen molar-refractivity contribution < 1.29 is 39.2 Å². The Bertz CT molecular complexity index is 1020. The maximum absolute atomic E-state index is 13.0. The Labute approximate surface area is 186 Å². The number of nitrogens with zero attached hydrogens (tertiary/aromatic N) is 1. The van der Waals surface area contributed by atoms with Crippen LogP contribution in [0.15, 0.2) is 23.6 Å². The van der Waals surface area contributed by atoms with Gasteiger partial charge in [-0.2, -0.15) is 0 Å². The van der Waals surface area contributed by atoms with Crippen molar-refractivity contribution in [1.29, 1.82) is 0 Å². The minimum absolute atomic E-state index is 0.0256. The third-order valence-electron chi connectivity index (χ3n) is 4.71. The Morgan fingerprint density at radius 2 is 2.12 bits per heavy atom. The number of carbonyl (C=O) groups is 3. The third kappa shape index (κ3) is 5.56. The average Bonchev–Trinajstić information content (AvgIpc) is 3.16. The van der Waals surface area contributed by atoms with Crippen molar-refractivity contribution in [3.8, 4) is 5.75 Å². The second-order valence-electron chi connectivity index (χ2n) is 7.06. The first kappa shape index (κ1) is 23.5. The largest absolute Gasteiger partial charge is 0.547 e. The van der Waals surface area contributed by atoms with Crippen LogP contribution < -0.4 is 21.0 Å². The number of para-hydroxylation sites is 1. The molecule has 168 valence electrons. The minimum atomic E-state index is -1.67. The Morgan fingerprint density at radius 3 is 2.75 bits per heavy atom. The van der Waals surface area contributed by atoms with Crippen LogP contribution >= 0.6 is 11.3 Å². The number of nitrogen functional groups attached to an aromatic ring is 1. The van der Waals surface area contributed by atoms with Gasteiger partial charge < -0.3 is 41.2 Å². The van der Waals surface area contributed by atoms with Gasteiger partial charge in [0.15, 0.2) is 11.2 Å². The molecule has 0 spiro atoms. The standard InChI is InChI=1S/C17H20B2N4O8S/c20-17-21-10(7-32-17)13(23-12(24)4-5-18(28)29)15(25)22-11-6-8-2-1-3-9(16(26)27)14(8)31-19(11)30/h1-3,7,11,13,28-30H,4-6H2,(H2,20,21)(H,22,25)(H,23,24)(H,26,27)/t11-,13?/m0/s1. The van der Waals surface area contributed by atoms with Crippen LogP contribution in [0.3, 0.4) is 0 Å². The second-order valence-corrected chi connectivity index (χ2v) is 7.95. The molecule has 1 aromatic heterocycles. The monoisotopic (exact) mass is 462 g/mol. The molecular formula is C17H20B2N4O8S. The lowest BCUT2D eigenvalue weighted by Crippen LogP contribution is -2.55. The van der Waals surface area contributed by atoms with E-state index in [1.54, 1.807) is 6.07 Å². The van der Waals surface area contributed by atoms with E-state index >= 15 is 0 Å². The summed E-state index contributed by atoms with van der Waals surface area (Å²) in [5.41, 5.74) is 6.17. The fourth-order valence-electron chi connectivity index (χ4n) is 3.18. The normalized spacial score (nSPS) is 15.8. The number of hydrogen-bond donors (Lipinski definition) is 7. The third-order valence-corrected chi connectivity index (χ3v) is 5.40. The molecule has 1 aromatic carbocycles. The molecule has 1 aliphatic rings. The van der Waals surface area contributed by atoms with Crippen molar-refractivity contribution in [2.75, 3.05) is 5.73 Å². The van der Waals surface area contributed by atoms with Crippen LogP contribution in [0.25, 0.3) is 0 Å². The first-order chi connectivity index (χ1) is 15.2. The topological polar surface area (TPSA) is 204 Å². The number of fused-ring (bicyclic) bond motifs is 1. The van der Waals surface area contributed by atoms with Gasteiger partial charge in [-0.15, -0.1) is 11.3 Å². The smallest absolute Gasteiger partial charge is 0.534 e. The van der Waals surface area contributed by atoms with Gasteiger partial charge in [0.25, 0.3) is 0 Å². The van der Waals surface area contributed by atoms with Crippen molar-refractivity contribution in [3.05, 3.63) is 40.4 Å². The quantitative estimate of drug-likeness (QED) is 0.228. The van der Waals surface area contributed by atoms with Crippen LogP contribution in [0.4, 0.5) is 5.13 Å². The summed E-state index contributed by atoms with van der Waals surface area (Å²) < 4.78 is 5.36. The second kappa shape index (κ2) is 9.99. The Balaban J connectivity index is 1.76. The summed E-state index contributed by atoms with van der Waals surface area (Å²) in [6.07, 6.45) is -0.390. The SMILES string of the molecule is Nc1nc(C(NC(=O)CCB(O)O)C(=O)N[C@H]2Cc3cccc(C(=O)O)c3OB2O)cs1. The molecular weight excluding hydrogens is 442 g/mol. The number of carboxylic acid groups (broad SMARTS) is 1. The van der Waals surface area contributed by atoms with Gasteiger partial charge in [0.1, 0.15) is 5.75 Å². The highest BCUT2D eigenvalue weighted by Gasteiger charge is 2.39. The predicted molar refractivity (Wildman–Crippen MR) is 115 cm³/mol. The van der Waals surface area contributed by atoms with Crippen molar-refractivity contribution in [1.82, 2.24) is 15.6 Å². The molecule has 0 aliphatic carbocycles. The predicted octanol–water partition coefficient (Wildman–Crippen LogP) is -1.42. The fraction of sp³-hybridized carbons (Fsp3) is 0.294. The van der Waals surface area contributed by atoms with Crippen LogP contribution in [-0.4, -0.2) is 63.1 Å². The molecule has 15 heteroatoms. The number of thiazole rings is 1. The van der Waals surface area contributed by atoms with E-state index < -0.39 is 44.0 Å². The van der Waals surface area contributed by atoms with E-state index in [2.05, 4.69) is 15.6 Å². The zero-order chi connectivity index (χ0) is 23.4. The molecule has 0 saturated carbocycles. The summed E-state index contributed by atoms with van der Waals surface area (Å²) in [7, 11) is -3.21. The van der Waals surface area contributed by atoms with Gasteiger partial charge in [-0.1, -0.05) is 12.1 Å². The van der Waals surface area contributed by atoms with Crippen molar-refractivity contribution >= 4 is 48.5 Å². The number of benzene rings is 1.